The third-order valence-corrected chi connectivity index (χ3v) is 3.73. The highest BCUT2D eigenvalue weighted by Crippen LogP contribution is 2.19. The Hall–Kier alpha value is -0.840. The lowest BCUT2D eigenvalue weighted by molar-refractivity contribution is 0.672. The van der Waals surface area contributed by atoms with E-state index in [4.69, 9.17) is 17.3 Å². The van der Waals surface area contributed by atoms with Crippen molar-refractivity contribution in [2.45, 2.75) is 20.0 Å². The van der Waals surface area contributed by atoms with E-state index in [1.807, 2.05) is 11.6 Å². The van der Waals surface area contributed by atoms with Crippen molar-refractivity contribution in [3.05, 3.63) is 38.8 Å². The zero-order valence-corrected chi connectivity index (χ0v) is 9.98. The predicted molar refractivity (Wildman–Crippen MR) is 63.3 cm³/mol. The first-order valence-corrected chi connectivity index (χ1v) is 5.85. The topological polar surface area (TPSA) is 43.8 Å². The van der Waals surface area contributed by atoms with Crippen LogP contribution < -0.4 is 5.73 Å². The Morgan fingerprint density at radius 1 is 1.47 bits per heavy atom. The summed E-state index contributed by atoms with van der Waals surface area (Å²) in [7, 11) is 0. The summed E-state index contributed by atoms with van der Waals surface area (Å²) in [5.41, 5.74) is 6.56. The quantitative estimate of drug-likeness (QED) is 0.897. The molecule has 3 nitrogen and oxygen atoms in total. The molecule has 0 bridgehead atoms. The molecule has 0 saturated carbocycles. The van der Waals surface area contributed by atoms with Crippen LogP contribution in [0.15, 0.2) is 18.3 Å². The average Bonchev–Trinajstić information content (AvgIpc) is 2.80. The smallest absolute Gasteiger partial charge is 0.0815 e. The Bertz CT molecular complexity index is 461. The summed E-state index contributed by atoms with van der Waals surface area (Å²) < 4.78 is 1.90. The number of nitrogens with two attached hydrogens (primary N) is 1. The first kappa shape index (κ1) is 10.7. The number of nitrogens with zero attached hydrogens (tertiary/aromatic N) is 2. The van der Waals surface area contributed by atoms with E-state index < -0.39 is 0 Å². The molecule has 2 aromatic rings. The number of aromatic nitrogens is 2. The SMILES string of the molecule is Cc1c(Cl)cnn1Cc1ccc(CN)s1. The minimum atomic E-state index is 0.601. The molecule has 2 heterocycles. The molecule has 0 fully saturated rings. The van der Waals surface area contributed by atoms with Crippen LogP contribution in [0.5, 0.6) is 0 Å². The first-order chi connectivity index (χ1) is 7.20. The van der Waals surface area contributed by atoms with Crippen LogP contribution in [0.1, 0.15) is 15.4 Å². The number of rotatable bonds is 3. The third-order valence-electron chi connectivity index (χ3n) is 2.27. The van der Waals surface area contributed by atoms with Crippen LogP contribution in [0.2, 0.25) is 5.02 Å². The van der Waals surface area contributed by atoms with Gasteiger partial charge in [-0.1, -0.05) is 11.6 Å². The van der Waals surface area contributed by atoms with Gasteiger partial charge in [-0.15, -0.1) is 11.3 Å². The summed E-state index contributed by atoms with van der Waals surface area (Å²) in [4.78, 5) is 2.44. The highest BCUT2D eigenvalue weighted by atomic mass is 35.5. The Balaban J connectivity index is 2.18. The second-order valence-corrected chi connectivity index (χ2v) is 4.97. The molecule has 0 saturated heterocycles. The molecule has 0 aliphatic heterocycles. The van der Waals surface area contributed by atoms with Crippen LogP contribution in [0.25, 0.3) is 0 Å². The largest absolute Gasteiger partial charge is 0.326 e. The van der Waals surface area contributed by atoms with Gasteiger partial charge in [-0.05, 0) is 19.1 Å². The van der Waals surface area contributed by atoms with Gasteiger partial charge in [-0.2, -0.15) is 5.10 Å². The molecule has 2 aromatic heterocycles. The van der Waals surface area contributed by atoms with Crippen molar-refractivity contribution >= 4 is 22.9 Å². The highest BCUT2D eigenvalue weighted by molar-refractivity contribution is 7.11. The molecule has 5 heteroatoms. The third kappa shape index (κ3) is 2.22. The van der Waals surface area contributed by atoms with E-state index in [1.54, 1.807) is 17.5 Å². The first-order valence-electron chi connectivity index (χ1n) is 4.66. The molecular weight excluding hydrogens is 230 g/mol. The lowest BCUT2D eigenvalue weighted by atomic mass is 10.4. The molecule has 80 valence electrons. The maximum absolute atomic E-state index is 5.93. The van der Waals surface area contributed by atoms with Gasteiger partial charge in [-0.25, -0.2) is 0 Å². The molecule has 2 rings (SSSR count). The lowest BCUT2D eigenvalue weighted by Gasteiger charge is -2.01. The van der Waals surface area contributed by atoms with E-state index in [-0.39, 0.29) is 0 Å². The lowest BCUT2D eigenvalue weighted by Crippen LogP contribution is -2.01. The maximum atomic E-state index is 5.93. The van der Waals surface area contributed by atoms with E-state index in [0.717, 1.165) is 12.2 Å². The Kier molecular flexibility index (Phi) is 3.09. The summed E-state index contributed by atoms with van der Waals surface area (Å²) in [6, 6.07) is 4.14. The van der Waals surface area contributed by atoms with E-state index in [0.29, 0.717) is 11.6 Å². The van der Waals surface area contributed by atoms with Gasteiger partial charge in [0.15, 0.2) is 0 Å². The Morgan fingerprint density at radius 2 is 2.20 bits per heavy atom. The minimum absolute atomic E-state index is 0.601. The summed E-state index contributed by atoms with van der Waals surface area (Å²) in [6.07, 6.45) is 1.67. The summed E-state index contributed by atoms with van der Waals surface area (Å²) in [6.45, 7) is 3.33. The van der Waals surface area contributed by atoms with Gasteiger partial charge < -0.3 is 5.73 Å². The van der Waals surface area contributed by atoms with Crippen molar-refractivity contribution in [2.24, 2.45) is 5.73 Å². The predicted octanol–water partition coefficient (Wildman–Crippen LogP) is 2.41. The second-order valence-electron chi connectivity index (χ2n) is 3.31. The van der Waals surface area contributed by atoms with E-state index in [9.17, 15) is 0 Å². The van der Waals surface area contributed by atoms with Crippen LogP contribution in [0.4, 0.5) is 0 Å². The molecule has 0 aliphatic rings. The molecule has 0 unspecified atom stereocenters. The van der Waals surface area contributed by atoms with Gasteiger partial charge >= 0.3 is 0 Å². The van der Waals surface area contributed by atoms with Crippen LogP contribution in [-0.2, 0) is 13.1 Å². The Morgan fingerprint density at radius 3 is 2.73 bits per heavy atom. The van der Waals surface area contributed by atoms with Crippen molar-refractivity contribution in [1.82, 2.24) is 9.78 Å². The number of halogens is 1. The molecule has 0 radical (unpaired) electrons. The van der Waals surface area contributed by atoms with Crippen molar-refractivity contribution in [3.63, 3.8) is 0 Å². The van der Waals surface area contributed by atoms with Gasteiger partial charge in [0.1, 0.15) is 0 Å². The normalized spacial score (nSPS) is 10.9. The molecule has 0 aromatic carbocycles. The maximum Gasteiger partial charge on any atom is 0.0815 e. The van der Waals surface area contributed by atoms with Crippen molar-refractivity contribution in [1.29, 1.82) is 0 Å². The monoisotopic (exact) mass is 241 g/mol. The fourth-order valence-electron chi connectivity index (χ4n) is 1.35. The summed E-state index contributed by atoms with van der Waals surface area (Å²) >= 11 is 7.64. The standard InChI is InChI=1S/C10H12ClN3S/c1-7-10(11)5-13-14(7)6-9-3-2-8(4-12)15-9/h2-3,5H,4,6,12H2,1H3. The van der Waals surface area contributed by atoms with Crippen molar-refractivity contribution in [2.75, 3.05) is 0 Å². The molecular formula is C10H12ClN3S. The summed E-state index contributed by atoms with van der Waals surface area (Å²) in [5.74, 6) is 0. The number of hydrogen-bond acceptors (Lipinski definition) is 3. The summed E-state index contributed by atoms with van der Waals surface area (Å²) in [5, 5.41) is 4.92. The molecule has 0 amide bonds. The van der Waals surface area contributed by atoms with Crippen LogP contribution in [0.3, 0.4) is 0 Å². The van der Waals surface area contributed by atoms with Crippen LogP contribution in [-0.4, -0.2) is 9.78 Å². The van der Waals surface area contributed by atoms with Crippen molar-refractivity contribution in [3.8, 4) is 0 Å². The molecule has 2 N–H and O–H groups in total. The fourth-order valence-corrected chi connectivity index (χ4v) is 2.37. The van der Waals surface area contributed by atoms with E-state index in [1.165, 1.54) is 9.75 Å². The second kappa shape index (κ2) is 4.35. The van der Waals surface area contributed by atoms with Gasteiger partial charge in [0.2, 0.25) is 0 Å². The van der Waals surface area contributed by atoms with Crippen LogP contribution in [0, 0.1) is 6.92 Å². The number of thiophene rings is 1. The molecule has 0 aliphatic carbocycles. The zero-order chi connectivity index (χ0) is 10.8. The van der Waals surface area contributed by atoms with Gasteiger partial charge in [0.05, 0.1) is 23.5 Å². The van der Waals surface area contributed by atoms with Gasteiger partial charge in [0.25, 0.3) is 0 Å². The fraction of sp³-hybridized carbons (Fsp3) is 0.300. The highest BCUT2D eigenvalue weighted by Gasteiger charge is 2.05. The average molecular weight is 242 g/mol. The van der Waals surface area contributed by atoms with Gasteiger partial charge in [0, 0.05) is 16.3 Å². The van der Waals surface area contributed by atoms with E-state index in [2.05, 4.69) is 17.2 Å². The molecule has 0 atom stereocenters. The van der Waals surface area contributed by atoms with Gasteiger partial charge in [-0.3, -0.25) is 4.68 Å². The zero-order valence-electron chi connectivity index (χ0n) is 8.40. The Labute approximate surface area is 97.5 Å². The molecule has 15 heavy (non-hydrogen) atoms. The van der Waals surface area contributed by atoms with E-state index >= 15 is 0 Å². The number of hydrogen-bond donors (Lipinski definition) is 1. The van der Waals surface area contributed by atoms with Crippen molar-refractivity contribution < 1.29 is 0 Å². The minimum Gasteiger partial charge on any atom is -0.326 e. The molecule has 0 spiro atoms. The van der Waals surface area contributed by atoms with Crippen LogP contribution >= 0.6 is 22.9 Å².